The summed E-state index contributed by atoms with van der Waals surface area (Å²) in [6.45, 7) is 3.59. The number of hydrogen-bond acceptors (Lipinski definition) is 3. The molecule has 0 saturated carbocycles. The summed E-state index contributed by atoms with van der Waals surface area (Å²) in [5.74, 6) is 0. The quantitative estimate of drug-likeness (QED) is 0.251. The second-order valence-corrected chi connectivity index (χ2v) is 7.35. The molecule has 0 spiro atoms. The van der Waals surface area contributed by atoms with Crippen molar-refractivity contribution in [3.63, 3.8) is 0 Å². The summed E-state index contributed by atoms with van der Waals surface area (Å²) in [6, 6.07) is 9.13. The van der Waals surface area contributed by atoms with E-state index in [4.69, 9.17) is 5.73 Å². The van der Waals surface area contributed by atoms with E-state index in [1.165, 1.54) is 0 Å². The van der Waals surface area contributed by atoms with Gasteiger partial charge in [-0.05, 0) is 26.0 Å². The van der Waals surface area contributed by atoms with E-state index in [0.29, 0.717) is 0 Å². The van der Waals surface area contributed by atoms with Gasteiger partial charge in [-0.25, -0.2) is 9.13 Å². The van der Waals surface area contributed by atoms with Crippen LogP contribution in [0.3, 0.4) is 0 Å². The molecule has 2 rings (SSSR count). The normalized spacial score (nSPS) is 15.4. The van der Waals surface area contributed by atoms with Crippen molar-refractivity contribution in [2.75, 3.05) is 5.73 Å². The van der Waals surface area contributed by atoms with Gasteiger partial charge in [-0.3, -0.25) is 9.59 Å². The number of carbonyl (C=O) groups is 2. The van der Waals surface area contributed by atoms with Gasteiger partial charge in [0.25, 0.3) is 0 Å². The molecule has 0 bridgehead atoms. The predicted octanol–water partition coefficient (Wildman–Crippen LogP) is 4.95. The number of para-hydroxylation sites is 1. The summed E-state index contributed by atoms with van der Waals surface area (Å²) < 4.78 is 62.7. The van der Waals surface area contributed by atoms with Crippen LogP contribution in [0.1, 0.15) is 25.9 Å². The molecule has 0 saturated heterocycles. The van der Waals surface area contributed by atoms with E-state index in [1.807, 2.05) is 30.3 Å². The smallest absolute Gasteiger partial charge is 0.0313 e. The van der Waals surface area contributed by atoms with Crippen molar-refractivity contribution in [3.8, 4) is 0 Å². The van der Waals surface area contributed by atoms with Crippen molar-refractivity contribution in [2.45, 2.75) is 25.9 Å². The summed E-state index contributed by atoms with van der Waals surface area (Å²) in [6.07, 6.45) is 7.02. The maximum atomic E-state index is 10.5. The molecule has 1 aromatic heterocycles. The number of nitrogens with zero attached hydrogens (tertiary/aromatic N) is 2. The fourth-order valence-corrected chi connectivity index (χ4v) is 1.46. The van der Waals surface area contributed by atoms with Gasteiger partial charge >= 0.3 is 33.0 Å². The summed E-state index contributed by atoms with van der Waals surface area (Å²) in [4.78, 5) is 20.9. The molecule has 2 unspecified atom stereocenters. The summed E-state index contributed by atoms with van der Waals surface area (Å²) >= 11 is 0. The molecule has 0 fully saturated rings. The van der Waals surface area contributed by atoms with Gasteiger partial charge < -0.3 is 5.73 Å². The van der Waals surface area contributed by atoms with Crippen LogP contribution < -0.4 is 10.3 Å². The number of carbonyl (C=O) groups excluding carboxylic acids is 2. The number of nitrogens with two attached hydrogens (primary N) is 1. The Kier molecular flexibility index (Phi) is 7.75. The van der Waals surface area contributed by atoms with Crippen LogP contribution in [0.25, 0.3) is 0 Å². The first kappa shape index (κ1) is 24.6. The maximum Gasteiger partial charge on any atom is 0.0313 e. The van der Waals surface area contributed by atoms with E-state index in [2.05, 4.69) is 0 Å². The van der Waals surface area contributed by atoms with Crippen molar-refractivity contribution in [2.24, 2.45) is 0 Å². The standard InChI is InChI=1S/C9H13N2O2.C6H7N.F6P/c1-8(5-12)10-3-4-11(7-10)9(2)6-13;7-6-4-2-1-3-5-6;1-7(2,3,4,5)6/h3-9H,1-2H3;1-5H,7H2;/q+1;;-1. The number of rotatable bonds is 4. The number of anilines is 1. The monoisotopic (exact) mass is 419 g/mol. The third-order valence-electron chi connectivity index (χ3n) is 2.81. The zero-order valence-electron chi connectivity index (χ0n) is 14.4. The Morgan fingerprint density at radius 3 is 1.81 bits per heavy atom. The van der Waals surface area contributed by atoms with Gasteiger partial charge in [0.2, 0.25) is 6.33 Å². The second kappa shape index (κ2) is 8.51. The van der Waals surface area contributed by atoms with E-state index in [1.54, 1.807) is 41.7 Å². The van der Waals surface area contributed by atoms with Crippen LogP contribution in [0, 0.1) is 0 Å². The molecule has 0 aliphatic heterocycles. The van der Waals surface area contributed by atoms with Crippen molar-refractivity contribution in [3.05, 3.63) is 49.1 Å². The van der Waals surface area contributed by atoms with E-state index < -0.39 is 7.81 Å². The zero-order chi connectivity index (χ0) is 21.4. The first-order chi connectivity index (χ1) is 12.0. The fraction of sp³-hybridized carbons (Fsp3) is 0.267. The molecule has 0 aliphatic rings. The Bertz CT molecular complexity index is 695. The van der Waals surface area contributed by atoms with Gasteiger partial charge in [-0.1, -0.05) is 18.2 Å². The molecule has 1 aromatic carbocycles. The molecule has 2 N–H and O–H groups in total. The number of aldehydes is 2. The van der Waals surface area contributed by atoms with Crippen molar-refractivity contribution in [1.29, 1.82) is 0 Å². The van der Waals surface area contributed by atoms with Crippen molar-refractivity contribution in [1.82, 2.24) is 4.57 Å². The molecule has 154 valence electrons. The number of imidazole rings is 1. The SMILES string of the molecule is CC(C=O)n1cc[n+](C(C)C=O)c1.F[P-](F)(F)(F)(F)F.Nc1ccccc1. The van der Waals surface area contributed by atoms with Crippen LogP contribution in [0.5, 0.6) is 0 Å². The van der Waals surface area contributed by atoms with Crippen molar-refractivity contribution < 1.29 is 39.3 Å². The van der Waals surface area contributed by atoms with Gasteiger partial charge in [0.1, 0.15) is 12.4 Å². The Labute approximate surface area is 151 Å². The number of aromatic nitrogens is 2. The molecular formula is C15H20F6N3O2P. The van der Waals surface area contributed by atoms with Gasteiger partial charge in [-0.15, -0.1) is 0 Å². The van der Waals surface area contributed by atoms with Crippen LogP contribution >= 0.6 is 7.81 Å². The van der Waals surface area contributed by atoms with Crippen LogP contribution in [-0.2, 0) is 9.59 Å². The molecule has 27 heavy (non-hydrogen) atoms. The largest absolute Gasteiger partial charge is 0.399 e. The molecule has 1 heterocycles. The van der Waals surface area contributed by atoms with Crippen molar-refractivity contribution >= 4 is 26.1 Å². The minimum Gasteiger partial charge on any atom is -0.399 e. The molecule has 0 aliphatic carbocycles. The van der Waals surface area contributed by atoms with Crippen LogP contribution in [0.2, 0.25) is 0 Å². The van der Waals surface area contributed by atoms with Crippen LogP contribution in [-0.4, -0.2) is 17.1 Å². The number of halogens is 6. The van der Waals surface area contributed by atoms with E-state index in [0.717, 1.165) is 18.3 Å². The third kappa shape index (κ3) is 15.5. The Balaban J connectivity index is 0.000000410. The minimum atomic E-state index is -10.7. The zero-order valence-corrected chi connectivity index (χ0v) is 15.3. The molecule has 2 atom stereocenters. The maximum absolute atomic E-state index is 10.7. The summed E-state index contributed by atoms with van der Waals surface area (Å²) in [7, 11) is -10.7. The molecule has 0 amide bonds. The Morgan fingerprint density at radius 2 is 1.48 bits per heavy atom. The van der Waals surface area contributed by atoms with E-state index >= 15 is 0 Å². The van der Waals surface area contributed by atoms with Crippen LogP contribution in [0.4, 0.5) is 30.9 Å². The summed E-state index contributed by atoms with van der Waals surface area (Å²) in [5, 5.41) is 0. The number of benzene rings is 1. The third-order valence-corrected chi connectivity index (χ3v) is 2.81. The first-order valence-electron chi connectivity index (χ1n) is 7.39. The fourth-order valence-electron chi connectivity index (χ4n) is 1.46. The average molecular weight is 419 g/mol. The van der Waals surface area contributed by atoms with Gasteiger partial charge in [-0.2, -0.15) is 0 Å². The Hall–Kier alpha value is -2.42. The molecule has 12 heteroatoms. The minimum absolute atomic E-state index is 0.180. The molecule has 2 aromatic rings. The Morgan fingerprint density at radius 1 is 1.00 bits per heavy atom. The average Bonchev–Trinajstić information content (AvgIpc) is 3.02. The van der Waals surface area contributed by atoms with E-state index in [9.17, 15) is 34.8 Å². The first-order valence-corrected chi connectivity index (χ1v) is 9.42. The van der Waals surface area contributed by atoms with Gasteiger partial charge in [0.05, 0.1) is 0 Å². The number of nitrogen functional groups attached to an aromatic ring is 1. The predicted molar refractivity (Wildman–Crippen MR) is 90.6 cm³/mol. The molecule has 5 nitrogen and oxygen atoms in total. The van der Waals surface area contributed by atoms with E-state index in [-0.39, 0.29) is 12.1 Å². The van der Waals surface area contributed by atoms with Gasteiger partial charge in [0, 0.05) is 5.69 Å². The second-order valence-electron chi connectivity index (χ2n) is 5.43. The van der Waals surface area contributed by atoms with Gasteiger partial charge in [0.15, 0.2) is 24.7 Å². The topological polar surface area (TPSA) is 69.0 Å². The summed E-state index contributed by atoms with van der Waals surface area (Å²) in [5.41, 5.74) is 6.18. The molecule has 0 radical (unpaired) electrons. The molecular weight excluding hydrogens is 399 g/mol. The number of hydrogen-bond donors (Lipinski definition) is 1. The van der Waals surface area contributed by atoms with Crippen LogP contribution in [0.15, 0.2) is 49.1 Å².